The third-order valence-corrected chi connectivity index (χ3v) is 2.73. The Morgan fingerprint density at radius 2 is 2.33 bits per heavy atom. The van der Waals surface area contributed by atoms with Crippen LogP contribution in [0, 0.1) is 0 Å². The summed E-state index contributed by atoms with van der Waals surface area (Å²) in [5.74, 6) is 1.31. The van der Waals surface area contributed by atoms with Crippen LogP contribution in [0.3, 0.4) is 0 Å². The van der Waals surface area contributed by atoms with Crippen molar-refractivity contribution < 1.29 is 9.26 Å². The van der Waals surface area contributed by atoms with Crippen molar-refractivity contribution in [1.82, 2.24) is 15.5 Å². The minimum absolute atomic E-state index is 0.00376. The Labute approximate surface area is 89.2 Å². The highest BCUT2D eigenvalue weighted by Gasteiger charge is 2.23. The van der Waals surface area contributed by atoms with Crippen molar-refractivity contribution in [2.45, 2.75) is 38.3 Å². The van der Waals surface area contributed by atoms with Crippen LogP contribution >= 0.6 is 0 Å². The summed E-state index contributed by atoms with van der Waals surface area (Å²) < 4.78 is 10.8. The van der Waals surface area contributed by atoms with E-state index in [4.69, 9.17) is 9.26 Å². The molecule has 0 saturated carbocycles. The van der Waals surface area contributed by atoms with Crippen molar-refractivity contribution in [2.75, 3.05) is 13.7 Å². The van der Waals surface area contributed by atoms with Gasteiger partial charge in [0.2, 0.25) is 0 Å². The van der Waals surface area contributed by atoms with Gasteiger partial charge in [0.1, 0.15) is 6.10 Å². The van der Waals surface area contributed by atoms with Crippen molar-refractivity contribution >= 4 is 0 Å². The molecule has 1 aliphatic rings. The summed E-state index contributed by atoms with van der Waals surface area (Å²) in [5.41, 5.74) is 0. The highest BCUT2D eigenvalue weighted by molar-refractivity contribution is 4.95. The molecule has 0 bridgehead atoms. The molecule has 2 atom stereocenters. The highest BCUT2D eigenvalue weighted by atomic mass is 16.5. The molecule has 1 fully saturated rings. The van der Waals surface area contributed by atoms with Crippen molar-refractivity contribution in [3.63, 3.8) is 0 Å². The fraction of sp³-hybridized carbons (Fsp3) is 0.800. The number of ether oxygens (including phenoxy) is 1. The highest BCUT2D eigenvalue weighted by Crippen LogP contribution is 2.26. The van der Waals surface area contributed by atoms with Gasteiger partial charge in [0.05, 0.1) is 6.04 Å². The summed E-state index contributed by atoms with van der Waals surface area (Å²) in [4.78, 5) is 4.34. The van der Waals surface area contributed by atoms with Gasteiger partial charge in [-0.1, -0.05) is 5.16 Å². The maximum Gasteiger partial charge on any atom is 0.255 e. The lowest BCUT2D eigenvalue weighted by Crippen LogP contribution is -2.15. The summed E-state index contributed by atoms with van der Waals surface area (Å²) in [6.07, 6.45) is 3.29. The van der Waals surface area contributed by atoms with E-state index in [0.29, 0.717) is 11.7 Å². The number of nitrogens with one attached hydrogen (secondary N) is 1. The predicted molar refractivity (Wildman–Crippen MR) is 54.3 cm³/mol. The second-order valence-corrected chi connectivity index (χ2v) is 3.86. The van der Waals surface area contributed by atoms with E-state index in [9.17, 15) is 0 Å². The SMILES string of the molecule is CNC(C)c1noc(C2CCCCO2)n1. The van der Waals surface area contributed by atoms with Gasteiger partial charge in [0.15, 0.2) is 5.82 Å². The molecular formula is C10H17N3O2. The first-order chi connectivity index (χ1) is 7.31. The number of aromatic nitrogens is 2. The van der Waals surface area contributed by atoms with Gasteiger partial charge in [-0.15, -0.1) is 0 Å². The second kappa shape index (κ2) is 4.72. The molecule has 15 heavy (non-hydrogen) atoms. The molecule has 0 spiro atoms. The normalized spacial score (nSPS) is 24.0. The van der Waals surface area contributed by atoms with Gasteiger partial charge in [-0.3, -0.25) is 0 Å². The molecule has 84 valence electrons. The standard InChI is InChI=1S/C10H17N3O2/c1-7(11-2)9-12-10(15-13-9)8-5-3-4-6-14-8/h7-8,11H,3-6H2,1-2H3. The smallest absolute Gasteiger partial charge is 0.255 e. The average Bonchev–Trinajstić information content (AvgIpc) is 2.78. The molecule has 1 aromatic rings. The largest absolute Gasteiger partial charge is 0.368 e. The van der Waals surface area contributed by atoms with E-state index in [0.717, 1.165) is 19.4 Å². The lowest BCUT2D eigenvalue weighted by atomic mass is 10.1. The van der Waals surface area contributed by atoms with E-state index in [1.807, 2.05) is 14.0 Å². The molecule has 0 amide bonds. The minimum Gasteiger partial charge on any atom is -0.368 e. The number of hydrogen-bond donors (Lipinski definition) is 1. The molecule has 1 N–H and O–H groups in total. The fourth-order valence-corrected chi connectivity index (χ4v) is 1.62. The van der Waals surface area contributed by atoms with Crippen LogP contribution in [0.1, 0.15) is 50.0 Å². The van der Waals surface area contributed by atoms with Crippen LogP contribution in [-0.2, 0) is 4.74 Å². The van der Waals surface area contributed by atoms with Gasteiger partial charge in [-0.2, -0.15) is 4.98 Å². The van der Waals surface area contributed by atoms with Crippen LogP contribution < -0.4 is 5.32 Å². The molecule has 1 saturated heterocycles. The zero-order valence-electron chi connectivity index (χ0n) is 9.19. The van der Waals surface area contributed by atoms with E-state index in [-0.39, 0.29) is 12.1 Å². The fourth-order valence-electron chi connectivity index (χ4n) is 1.62. The first-order valence-corrected chi connectivity index (χ1v) is 5.43. The summed E-state index contributed by atoms with van der Waals surface area (Å²) in [7, 11) is 1.87. The summed E-state index contributed by atoms with van der Waals surface area (Å²) >= 11 is 0. The third-order valence-electron chi connectivity index (χ3n) is 2.73. The Balaban J connectivity index is 2.05. The maximum absolute atomic E-state index is 5.57. The van der Waals surface area contributed by atoms with E-state index >= 15 is 0 Å². The number of nitrogens with zero attached hydrogens (tertiary/aromatic N) is 2. The van der Waals surface area contributed by atoms with Crippen LogP contribution in [0.4, 0.5) is 0 Å². The second-order valence-electron chi connectivity index (χ2n) is 3.86. The summed E-state index contributed by atoms with van der Waals surface area (Å²) in [6, 6.07) is 0.117. The Kier molecular flexibility index (Phi) is 3.33. The van der Waals surface area contributed by atoms with E-state index in [1.54, 1.807) is 0 Å². The predicted octanol–water partition coefficient (Wildman–Crippen LogP) is 1.59. The molecule has 2 unspecified atom stereocenters. The van der Waals surface area contributed by atoms with E-state index in [1.165, 1.54) is 6.42 Å². The van der Waals surface area contributed by atoms with Gasteiger partial charge >= 0.3 is 0 Å². The molecule has 1 aliphatic heterocycles. The van der Waals surface area contributed by atoms with Crippen LogP contribution in [0.15, 0.2) is 4.52 Å². The Bertz CT molecular complexity index is 307. The molecule has 0 radical (unpaired) electrons. The van der Waals surface area contributed by atoms with Crippen molar-refractivity contribution in [3.05, 3.63) is 11.7 Å². The van der Waals surface area contributed by atoms with Gasteiger partial charge in [0.25, 0.3) is 5.89 Å². The minimum atomic E-state index is 0.00376. The lowest BCUT2D eigenvalue weighted by Gasteiger charge is -2.18. The zero-order chi connectivity index (χ0) is 10.7. The van der Waals surface area contributed by atoms with Crippen molar-refractivity contribution in [1.29, 1.82) is 0 Å². The van der Waals surface area contributed by atoms with Crippen LogP contribution in [0.5, 0.6) is 0 Å². The number of hydrogen-bond acceptors (Lipinski definition) is 5. The molecule has 1 aromatic heterocycles. The van der Waals surface area contributed by atoms with Crippen LogP contribution in [0.25, 0.3) is 0 Å². The summed E-state index contributed by atoms with van der Waals surface area (Å²) in [6.45, 7) is 2.79. The van der Waals surface area contributed by atoms with Crippen LogP contribution in [-0.4, -0.2) is 23.8 Å². The van der Waals surface area contributed by atoms with E-state index in [2.05, 4.69) is 15.5 Å². The lowest BCUT2D eigenvalue weighted by molar-refractivity contribution is -0.00459. The Hall–Kier alpha value is -0.940. The van der Waals surface area contributed by atoms with Gasteiger partial charge in [-0.25, -0.2) is 0 Å². The first kappa shape index (κ1) is 10.6. The molecule has 5 nitrogen and oxygen atoms in total. The monoisotopic (exact) mass is 211 g/mol. The zero-order valence-corrected chi connectivity index (χ0v) is 9.19. The topological polar surface area (TPSA) is 60.2 Å². The first-order valence-electron chi connectivity index (χ1n) is 5.43. The molecule has 2 rings (SSSR count). The Morgan fingerprint density at radius 1 is 1.47 bits per heavy atom. The summed E-state index contributed by atoms with van der Waals surface area (Å²) in [5, 5.41) is 7.01. The Morgan fingerprint density at radius 3 is 3.00 bits per heavy atom. The third kappa shape index (κ3) is 2.35. The molecular weight excluding hydrogens is 194 g/mol. The molecule has 0 aromatic carbocycles. The molecule has 2 heterocycles. The quantitative estimate of drug-likeness (QED) is 0.822. The number of rotatable bonds is 3. The van der Waals surface area contributed by atoms with Gasteiger partial charge < -0.3 is 14.6 Å². The van der Waals surface area contributed by atoms with Gasteiger partial charge in [0, 0.05) is 6.61 Å². The maximum atomic E-state index is 5.57. The van der Waals surface area contributed by atoms with Crippen LogP contribution in [0.2, 0.25) is 0 Å². The van der Waals surface area contributed by atoms with Gasteiger partial charge in [-0.05, 0) is 33.2 Å². The molecule has 0 aliphatic carbocycles. The van der Waals surface area contributed by atoms with Crippen molar-refractivity contribution in [2.24, 2.45) is 0 Å². The average molecular weight is 211 g/mol. The molecule has 5 heteroatoms. The van der Waals surface area contributed by atoms with E-state index < -0.39 is 0 Å². The van der Waals surface area contributed by atoms with Crippen molar-refractivity contribution in [3.8, 4) is 0 Å².